The van der Waals surface area contributed by atoms with Crippen LogP contribution in [0.5, 0.6) is 0 Å². The Kier molecular flexibility index (Phi) is 6.24. The molecular weight excluding hydrogens is 528 g/mol. The highest BCUT2D eigenvalue weighted by atomic mass is 15.0. The van der Waals surface area contributed by atoms with Crippen LogP contribution in [-0.4, -0.2) is 29.9 Å². The lowest BCUT2D eigenvalue weighted by atomic mass is 9.92. The Morgan fingerprint density at radius 2 is 0.977 bits per heavy atom. The molecule has 0 unspecified atom stereocenters. The van der Waals surface area contributed by atoms with E-state index in [9.17, 15) is 0 Å². The van der Waals surface area contributed by atoms with Crippen molar-refractivity contribution in [3.05, 3.63) is 104 Å². The maximum atomic E-state index is 5.03. The van der Waals surface area contributed by atoms with Gasteiger partial charge in [-0.2, -0.15) is 0 Å². The number of H-pyrrole nitrogens is 2. The first-order valence-corrected chi connectivity index (χ1v) is 14.7. The fourth-order valence-corrected chi connectivity index (χ4v) is 6.69. The maximum absolute atomic E-state index is 5.03. The topological polar surface area (TPSA) is 83.1 Å². The largest absolute Gasteiger partial charge is 0.340 e. The van der Waals surface area contributed by atoms with Crippen molar-refractivity contribution in [2.75, 3.05) is 0 Å². The number of aryl methyl sites for hydroxylation is 7. The van der Waals surface area contributed by atoms with Gasteiger partial charge < -0.3 is 9.97 Å². The number of aromatic nitrogens is 6. The van der Waals surface area contributed by atoms with E-state index in [2.05, 4.69) is 94.8 Å². The number of nitrogens with zero attached hydrogens (tertiary/aromatic N) is 4. The standard InChI is InChI=1S/C37H34N6/c1-19-14-21(3)33(22(4)15-19)35-26-8-11-30(38-26)42-31-12-9-28(39-31)36(34-23(5)16-20(2)17-24(34)6)29-18-25(7)37(41-29)43-32-13-10-27(35)40-32/h8-18H,1-7H3,(H,38,39,42)(H,40,41,43). The van der Waals surface area contributed by atoms with Crippen LogP contribution >= 0.6 is 0 Å². The van der Waals surface area contributed by atoms with Crippen LogP contribution in [0.1, 0.15) is 62.0 Å². The molecule has 2 N–H and O–H groups in total. The quantitative estimate of drug-likeness (QED) is 0.220. The van der Waals surface area contributed by atoms with Crippen LogP contribution in [0.4, 0.5) is 0 Å². The van der Waals surface area contributed by atoms with Crippen molar-refractivity contribution in [2.24, 2.45) is 0 Å². The predicted molar refractivity (Wildman–Crippen MR) is 178 cm³/mol. The van der Waals surface area contributed by atoms with Gasteiger partial charge in [0.05, 0.1) is 16.9 Å². The van der Waals surface area contributed by atoms with Crippen molar-refractivity contribution in [2.45, 2.75) is 48.5 Å². The van der Waals surface area contributed by atoms with Gasteiger partial charge in [-0.1, -0.05) is 35.4 Å². The Hall–Kier alpha value is -5.10. The molecule has 43 heavy (non-hydrogen) atoms. The molecule has 0 spiro atoms. The summed E-state index contributed by atoms with van der Waals surface area (Å²) in [5, 5.41) is 0. The third-order valence-electron chi connectivity index (χ3n) is 8.27. The van der Waals surface area contributed by atoms with E-state index in [0.29, 0.717) is 11.6 Å². The molecule has 212 valence electrons. The molecule has 0 saturated heterocycles. The summed E-state index contributed by atoms with van der Waals surface area (Å²) in [7, 11) is 0. The van der Waals surface area contributed by atoms with E-state index in [1.165, 1.54) is 38.9 Å². The molecule has 5 heterocycles. The van der Waals surface area contributed by atoms with Crippen molar-refractivity contribution in [1.82, 2.24) is 29.9 Å². The van der Waals surface area contributed by atoms with E-state index >= 15 is 0 Å². The van der Waals surface area contributed by atoms with Gasteiger partial charge in [-0.3, -0.25) is 0 Å². The molecule has 3 aromatic heterocycles. The number of fused-ring (bicyclic) bond motifs is 8. The van der Waals surface area contributed by atoms with Crippen molar-refractivity contribution < 1.29 is 0 Å². The number of nitrogens with one attached hydrogen (secondary N) is 2. The minimum Gasteiger partial charge on any atom is -0.340 e. The Morgan fingerprint density at radius 1 is 0.442 bits per heavy atom. The van der Waals surface area contributed by atoms with Crippen molar-refractivity contribution >= 4 is 46.6 Å². The summed E-state index contributed by atoms with van der Waals surface area (Å²) in [5.74, 6) is 1.30. The third-order valence-corrected chi connectivity index (χ3v) is 8.27. The van der Waals surface area contributed by atoms with Gasteiger partial charge in [0, 0.05) is 16.6 Å². The number of hydrogen-bond donors (Lipinski definition) is 2. The first-order valence-electron chi connectivity index (χ1n) is 14.7. The molecule has 0 aliphatic carbocycles. The monoisotopic (exact) mass is 562 g/mol. The van der Waals surface area contributed by atoms with E-state index in [0.717, 1.165) is 56.0 Å². The molecule has 8 bridgehead atoms. The lowest BCUT2D eigenvalue weighted by molar-refractivity contribution is 1.16. The average Bonchev–Trinajstić information content (AvgIpc) is 3.73. The second-order valence-corrected chi connectivity index (χ2v) is 11.9. The highest BCUT2D eigenvalue weighted by Gasteiger charge is 2.19. The van der Waals surface area contributed by atoms with Crippen LogP contribution in [0.15, 0.2) is 42.5 Å². The summed E-state index contributed by atoms with van der Waals surface area (Å²) in [6.45, 7) is 15.0. The van der Waals surface area contributed by atoms with Crippen molar-refractivity contribution in [3.63, 3.8) is 0 Å². The minimum absolute atomic E-state index is 0.647. The van der Waals surface area contributed by atoms with Crippen LogP contribution in [0, 0.1) is 48.5 Å². The molecule has 6 heteroatoms. The zero-order chi connectivity index (χ0) is 30.0. The predicted octanol–water partition coefficient (Wildman–Crippen LogP) is 8.94. The lowest BCUT2D eigenvalue weighted by Crippen LogP contribution is -1.96. The Labute approximate surface area is 251 Å². The SMILES string of the molecule is Cc1cc(C)c(-c2c3nc(nc4ccc([nH]4)c(-c4c(C)cc(C)cc4C)c4cc(C)c(nc5nc2C=C5)[nH]4)C=C3)c(C)c1. The minimum atomic E-state index is 0.647. The lowest BCUT2D eigenvalue weighted by Gasteiger charge is -2.13. The normalized spacial score (nSPS) is 12.3. The van der Waals surface area contributed by atoms with E-state index in [1.807, 2.05) is 30.4 Å². The number of aromatic amines is 2. The van der Waals surface area contributed by atoms with Gasteiger partial charge in [-0.05, 0) is 130 Å². The molecule has 2 aliphatic rings. The summed E-state index contributed by atoms with van der Waals surface area (Å²) in [4.78, 5) is 27.2. The van der Waals surface area contributed by atoms with Crippen LogP contribution in [0.2, 0.25) is 0 Å². The molecular formula is C37H34N6. The van der Waals surface area contributed by atoms with Crippen LogP contribution < -0.4 is 0 Å². The highest BCUT2D eigenvalue weighted by molar-refractivity contribution is 5.96. The summed E-state index contributed by atoms with van der Waals surface area (Å²) in [6, 6.07) is 15.2. The smallest absolute Gasteiger partial charge is 0.155 e. The highest BCUT2D eigenvalue weighted by Crippen LogP contribution is 2.37. The van der Waals surface area contributed by atoms with E-state index in [1.54, 1.807) is 0 Å². The fraction of sp³-hybridized carbons (Fsp3) is 0.189. The third kappa shape index (κ3) is 4.69. The molecule has 5 aromatic rings. The molecule has 2 aliphatic heterocycles. The second kappa shape index (κ2) is 10.0. The van der Waals surface area contributed by atoms with Crippen LogP contribution in [0.3, 0.4) is 0 Å². The molecule has 0 atom stereocenters. The summed E-state index contributed by atoms with van der Waals surface area (Å²) < 4.78 is 0. The fourth-order valence-electron chi connectivity index (χ4n) is 6.69. The summed E-state index contributed by atoms with van der Waals surface area (Å²) in [6.07, 6.45) is 8.04. The van der Waals surface area contributed by atoms with Crippen LogP contribution in [-0.2, 0) is 0 Å². The van der Waals surface area contributed by atoms with E-state index < -0.39 is 0 Å². The summed E-state index contributed by atoms with van der Waals surface area (Å²) >= 11 is 0. The number of hydrogen-bond acceptors (Lipinski definition) is 4. The average molecular weight is 563 g/mol. The Bertz CT molecular complexity index is 2160. The Morgan fingerprint density at radius 3 is 1.56 bits per heavy atom. The van der Waals surface area contributed by atoms with Gasteiger partial charge in [0.1, 0.15) is 11.3 Å². The first-order chi connectivity index (χ1) is 20.6. The molecule has 0 saturated carbocycles. The van der Waals surface area contributed by atoms with Crippen molar-refractivity contribution in [3.8, 4) is 22.3 Å². The first kappa shape index (κ1) is 26.8. The molecule has 2 aromatic carbocycles. The zero-order valence-electron chi connectivity index (χ0n) is 25.6. The van der Waals surface area contributed by atoms with Gasteiger partial charge in [-0.15, -0.1) is 0 Å². The van der Waals surface area contributed by atoms with Gasteiger partial charge >= 0.3 is 0 Å². The van der Waals surface area contributed by atoms with Crippen molar-refractivity contribution in [1.29, 1.82) is 0 Å². The zero-order valence-corrected chi connectivity index (χ0v) is 25.6. The van der Waals surface area contributed by atoms with Gasteiger partial charge in [-0.25, -0.2) is 19.9 Å². The van der Waals surface area contributed by atoms with Gasteiger partial charge in [0.2, 0.25) is 0 Å². The van der Waals surface area contributed by atoms with E-state index in [4.69, 9.17) is 19.9 Å². The molecule has 6 nitrogen and oxygen atoms in total. The Balaban J connectivity index is 1.61. The van der Waals surface area contributed by atoms with Gasteiger partial charge in [0.15, 0.2) is 11.6 Å². The molecule has 0 fully saturated rings. The summed E-state index contributed by atoms with van der Waals surface area (Å²) in [5.41, 5.74) is 17.9. The molecule has 0 radical (unpaired) electrons. The van der Waals surface area contributed by atoms with Crippen LogP contribution in [0.25, 0.3) is 68.9 Å². The van der Waals surface area contributed by atoms with E-state index in [-0.39, 0.29) is 0 Å². The van der Waals surface area contributed by atoms with Gasteiger partial charge in [0.25, 0.3) is 0 Å². The molecule has 7 rings (SSSR count). The number of benzene rings is 2. The maximum Gasteiger partial charge on any atom is 0.155 e. The number of rotatable bonds is 2. The second-order valence-electron chi connectivity index (χ2n) is 11.9. The molecule has 0 amide bonds.